The molecule has 0 N–H and O–H groups in total. The Morgan fingerprint density at radius 1 is 1.19 bits per heavy atom. The summed E-state index contributed by atoms with van der Waals surface area (Å²) in [6, 6.07) is 15.0. The van der Waals surface area contributed by atoms with Gasteiger partial charge in [-0.2, -0.15) is 0 Å². The second kappa shape index (κ2) is 8.77. The fourth-order valence-electron chi connectivity index (χ4n) is 3.24. The molecule has 0 spiro atoms. The number of ether oxygens (including phenoxy) is 2. The summed E-state index contributed by atoms with van der Waals surface area (Å²) >= 11 is 1.37. The van der Waals surface area contributed by atoms with Crippen molar-refractivity contribution in [2.75, 3.05) is 25.5 Å². The van der Waals surface area contributed by atoms with E-state index >= 15 is 0 Å². The number of hydrogen-bond acceptors (Lipinski definition) is 6. The van der Waals surface area contributed by atoms with Crippen LogP contribution in [-0.4, -0.2) is 48.4 Å². The van der Waals surface area contributed by atoms with Crippen LogP contribution in [0.2, 0.25) is 0 Å². The Hall–Kier alpha value is -3.39. The van der Waals surface area contributed by atoms with Gasteiger partial charge < -0.3 is 14.4 Å². The number of anilines is 1. The number of para-hydroxylation sites is 2. The minimum absolute atomic E-state index is 0.125. The molecule has 2 amide bonds. The Morgan fingerprint density at radius 2 is 1.94 bits per heavy atom. The van der Waals surface area contributed by atoms with Crippen molar-refractivity contribution in [1.82, 2.24) is 9.88 Å². The quantitative estimate of drug-likeness (QED) is 0.611. The number of benzene rings is 2. The number of carbonyl (C=O) groups is 2. The van der Waals surface area contributed by atoms with Crippen molar-refractivity contribution in [3.8, 4) is 11.5 Å². The van der Waals surface area contributed by atoms with Crippen molar-refractivity contribution in [3.63, 3.8) is 0 Å². The zero-order valence-electron chi connectivity index (χ0n) is 17.6. The number of aryl methyl sites for hydroxylation is 1. The first kappa shape index (κ1) is 20.9. The number of hydrogen-bond donors (Lipinski definition) is 0. The van der Waals surface area contributed by atoms with Crippen LogP contribution in [0.15, 0.2) is 53.9 Å². The van der Waals surface area contributed by atoms with Crippen molar-refractivity contribution in [3.05, 3.63) is 70.2 Å². The van der Waals surface area contributed by atoms with E-state index in [1.807, 2.05) is 43.3 Å². The number of carbonyl (C=O) groups excluding carboxylic acids is 2. The van der Waals surface area contributed by atoms with E-state index in [1.165, 1.54) is 16.2 Å². The van der Waals surface area contributed by atoms with Crippen molar-refractivity contribution in [2.24, 2.45) is 0 Å². The van der Waals surface area contributed by atoms with Gasteiger partial charge in [-0.15, -0.1) is 11.3 Å². The molecule has 2 heterocycles. The molecule has 0 unspecified atom stereocenters. The van der Waals surface area contributed by atoms with Gasteiger partial charge in [-0.1, -0.05) is 29.8 Å². The van der Waals surface area contributed by atoms with Gasteiger partial charge in [-0.05, 0) is 31.2 Å². The maximum absolute atomic E-state index is 13.3. The number of amides is 2. The fourth-order valence-corrected chi connectivity index (χ4v) is 3.92. The molecule has 160 valence electrons. The topological polar surface area (TPSA) is 72.0 Å². The van der Waals surface area contributed by atoms with E-state index in [0.29, 0.717) is 22.1 Å². The molecular formula is C23H23N3O4S. The summed E-state index contributed by atoms with van der Waals surface area (Å²) in [5.41, 5.74) is 2.10. The van der Waals surface area contributed by atoms with Gasteiger partial charge in [0.05, 0.1) is 12.2 Å². The Labute approximate surface area is 184 Å². The summed E-state index contributed by atoms with van der Waals surface area (Å²) in [4.78, 5) is 33.2. The third-order valence-corrected chi connectivity index (χ3v) is 5.71. The summed E-state index contributed by atoms with van der Waals surface area (Å²) in [7, 11) is 3.33. The summed E-state index contributed by atoms with van der Waals surface area (Å²) in [6.45, 7) is 2.42. The number of rotatable bonds is 5. The summed E-state index contributed by atoms with van der Waals surface area (Å²) < 4.78 is 11.6. The molecule has 0 radical (unpaired) electrons. The van der Waals surface area contributed by atoms with Crippen LogP contribution in [-0.2, 0) is 11.4 Å². The van der Waals surface area contributed by atoms with E-state index < -0.39 is 6.10 Å². The van der Waals surface area contributed by atoms with Crippen molar-refractivity contribution < 1.29 is 19.1 Å². The van der Waals surface area contributed by atoms with E-state index in [2.05, 4.69) is 4.98 Å². The molecule has 4 rings (SSSR count). The predicted octanol–water partition coefficient (Wildman–Crippen LogP) is 3.53. The minimum atomic E-state index is -0.767. The van der Waals surface area contributed by atoms with Gasteiger partial charge in [0.25, 0.3) is 11.8 Å². The third-order valence-electron chi connectivity index (χ3n) is 4.89. The van der Waals surface area contributed by atoms with Gasteiger partial charge >= 0.3 is 0 Å². The monoisotopic (exact) mass is 437 g/mol. The Kier molecular flexibility index (Phi) is 5.90. The second-order valence-electron chi connectivity index (χ2n) is 7.45. The first-order valence-corrected chi connectivity index (χ1v) is 10.7. The second-order valence-corrected chi connectivity index (χ2v) is 8.39. The van der Waals surface area contributed by atoms with Gasteiger partial charge in [0, 0.05) is 19.5 Å². The molecule has 31 heavy (non-hydrogen) atoms. The zero-order chi connectivity index (χ0) is 22.0. The standard InChI is InChI=1S/C23H23N3O4S/c1-15-8-10-16(11-9-15)29-13-21-24-17(14-31-21)22(27)26-12-20(23(28)25(2)3)30-19-7-5-4-6-18(19)26/h4-11,14,20H,12-13H2,1-3H3/t20-/m0/s1. The highest BCUT2D eigenvalue weighted by atomic mass is 32.1. The molecule has 0 aliphatic carbocycles. The molecule has 1 aromatic heterocycles. The number of fused-ring (bicyclic) bond motifs is 1. The highest BCUT2D eigenvalue weighted by Gasteiger charge is 2.35. The van der Waals surface area contributed by atoms with Crippen molar-refractivity contribution >= 4 is 28.8 Å². The van der Waals surface area contributed by atoms with Crippen LogP contribution in [0.25, 0.3) is 0 Å². The molecule has 0 saturated carbocycles. The lowest BCUT2D eigenvalue weighted by Gasteiger charge is -2.34. The molecule has 0 fully saturated rings. The maximum atomic E-state index is 13.3. The number of likely N-dealkylation sites (N-methyl/N-ethyl adjacent to an activating group) is 1. The first-order valence-electron chi connectivity index (χ1n) is 9.85. The lowest BCUT2D eigenvalue weighted by Crippen LogP contribution is -2.50. The smallest absolute Gasteiger partial charge is 0.278 e. The van der Waals surface area contributed by atoms with Gasteiger partial charge in [0.15, 0.2) is 6.10 Å². The summed E-state index contributed by atoms with van der Waals surface area (Å²) in [5.74, 6) is 0.782. The summed E-state index contributed by atoms with van der Waals surface area (Å²) in [6.07, 6.45) is -0.767. The number of nitrogens with zero attached hydrogens (tertiary/aromatic N) is 3. The van der Waals surface area contributed by atoms with Gasteiger partial charge in [0.2, 0.25) is 0 Å². The maximum Gasteiger partial charge on any atom is 0.278 e. The van der Waals surface area contributed by atoms with Crippen LogP contribution in [0, 0.1) is 6.92 Å². The van der Waals surface area contributed by atoms with Gasteiger partial charge in [0.1, 0.15) is 28.8 Å². The molecular weight excluding hydrogens is 414 g/mol. The number of thiazole rings is 1. The summed E-state index contributed by atoms with van der Waals surface area (Å²) in [5, 5.41) is 2.42. The normalized spacial score (nSPS) is 15.1. The molecule has 1 atom stereocenters. The van der Waals surface area contributed by atoms with Crippen molar-refractivity contribution in [1.29, 1.82) is 0 Å². The fraction of sp³-hybridized carbons (Fsp3) is 0.261. The van der Waals surface area contributed by atoms with E-state index in [1.54, 1.807) is 36.5 Å². The van der Waals surface area contributed by atoms with Gasteiger partial charge in [-0.3, -0.25) is 14.5 Å². The zero-order valence-corrected chi connectivity index (χ0v) is 18.4. The van der Waals surface area contributed by atoms with Crippen LogP contribution in [0.3, 0.4) is 0 Å². The lowest BCUT2D eigenvalue weighted by atomic mass is 10.1. The van der Waals surface area contributed by atoms with Crippen molar-refractivity contribution in [2.45, 2.75) is 19.6 Å². The molecule has 1 aliphatic heterocycles. The van der Waals surface area contributed by atoms with Crippen LogP contribution < -0.4 is 14.4 Å². The highest BCUT2D eigenvalue weighted by molar-refractivity contribution is 7.09. The molecule has 7 nitrogen and oxygen atoms in total. The van der Waals surface area contributed by atoms with Crippen LogP contribution >= 0.6 is 11.3 Å². The predicted molar refractivity (Wildman–Crippen MR) is 119 cm³/mol. The van der Waals surface area contributed by atoms with E-state index in [-0.39, 0.29) is 25.0 Å². The van der Waals surface area contributed by atoms with E-state index in [0.717, 1.165) is 11.3 Å². The molecule has 0 saturated heterocycles. The van der Waals surface area contributed by atoms with Crippen LogP contribution in [0.1, 0.15) is 21.1 Å². The molecule has 3 aromatic rings. The average Bonchev–Trinajstić information content (AvgIpc) is 3.26. The molecule has 1 aliphatic rings. The molecule has 2 aromatic carbocycles. The average molecular weight is 438 g/mol. The third kappa shape index (κ3) is 4.54. The number of aromatic nitrogens is 1. The van der Waals surface area contributed by atoms with Crippen LogP contribution in [0.5, 0.6) is 11.5 Å². The highest BCUT2D eigenvalue weighted by Crippen LogP contribution is 2.34. The molecule has 8 heteroatoms. The largest absolute Gasteiger partial charge is 0.486 e. The minimum Gasteiger partial charge on any atom is -0.486 e. The first-order chi connectivity index (χ1) is 14.9. The van der Waals surface area contributed by atoms with E-state index in [9.17, 15) is 9.59 Å². The van der Waals surface area contributed by atoms with Crippen LogP contribution in [0.4, 0.5) is 5.69 Å². The Bertz CT molecular complexity index is 1090. The molecule has 0 bridgehead atoms. The Balaban J connectivity index is 1.51. The lowest BCUT2D eigenvalue weighted by molar-refractivity contribution is -0.135. The Morgan fingerprint density at radius 3 is 2.68 bits per heavy atom. The van der Waals surface area contributed by atoms with Gasteiger partial charge in [-0.25, -0.2) is 4.98 Å². The SMILES string of the molecule is Cc1ccc(OCc2nc(C(=O)N3C[C@@H](C(=O)N(C)C)Oc4ccccc43)cs2)cc1. The van der Waals surface area contributed by atoms with E-state index in [4.69, 9.17) is 9.47 Å².